The largest absolute Gasteiger partial charge is 0.351 e. The van der Waals surface area contributed by atoms with Crippen LogP contribution >= 0.6 is 11.8 Å². The number of hydrogen-bond acceptors (Lipinski definition) is 5. The van der Waals surface area contributed by atoms with Crippen LogP contribution in [0.5, 0.6) is 0 Å². The van der Waals surface area contributed by atoms with Crippen LogP contribution in [0.25, 0.3) is 0 Å². The second-order valence-electron chi connectivity index (χ2n) is 8.20. The van der Waals surface area contributed by atoms with Crippen LogP contribution in [0.15, 0.2) is 59.8 Å². The Hall–Kier alpha value is -3.13. The van der Waals surface area contributed by atoms with Crippen LogP contribution in [0.2, 0.25) is 0 Å². The van der Waals surface area contributed by atoms with Crippen molar-refractivity contribution in [1.82, 2.24) is 25.4 Å². The molecule has 2 aromatic carbocycles. The Kier molecular flexibility index (Phi) is 8.65. The minimum atomic E-state index is -0.299. The zero-order chi connectivity index (χ0) is 23.8. The molecule has 0 aliphatic rings. The van der Waals surface area contributed by atoms with Crippen LogP contribution in [-0.4, -0.2) is 32.3 Å². The third kappa shape index (κ3) is 6.68. The maximum absolute atomic E-state index is 12.9. The molecule has 2 amide bonds. The van der Waals surface area contributed by atoms with Crippen molar-refractivity contribution in [2.75, 3.05) is 5.75 Å². The molecule has 0 bridgehead atoms. The molecule has 3 rings (SSSR count). The van der Waals surface area contributed by atoms with Gasteiger partial charge < -0.3 is 15.2 Å². The number of hydrogen-bond donors (Lipinski definition) is 2. The van der Waals surface area contributed by atoms with Crippen LogP contribution in [-0.2, 0) is 17.9 Å². The van der Waals surface area contributed by atoms with Gasteiger partial charge in [-0.1, -0.05) is 73.6 Å². The van der Waals surface area contributed by atoms with Crippen molar-refractivity contribution in [1.29, 1.82) is 0 Å². The van der Waals surface area contributed by atoms with E-state index >= 15 is 0 Å². The molecule has 174 valence electrons. The van der Waals surface area contributed by atoms with Gasteiger partial charge in [-0.05, 0) is 37.5 Å². The molecule has 1 heterocycles. The molecule has 7 nitrogen and oxygen atoms in total. The lowest BCUT2D eigenvalue weighted by atomic mass is 10.0. The molecule has 0 unspecified atom stereocenters. The standard InChI is InChI=1S/C25H31N5O2S/c1-5-30-23(22(17(2)3)27-24(32)20-13-9-10-18(4)14-20)28-29-25(30)33-16-21(31)26-15-19-11-7-6-8-12-19/h6-14,17,22H,5,15-16H2,1-4H3,(H,26,31)(H,27,32)/t22-/m1/s1. The fraction of sp³-hybridized carbons (Fsp3) is 0.360. The highest BCUT2D eigenvalue weighted by atomic mass is 32.2. The average Bonchev–Trinajstić information content (AvgIpc) is 3.22. The lowest BCUT2D eigenvalue weighted by molar-refractivity contribution is -0.118. The van der Waals surface area contributed by atoms with Crippen molar-refractivity contribution in [3.63, 3.8) is 0 Å². The summed E-state index contributed by atoms with van der Waals surface area (Å²) in [5.41, 5.74) is 2.71. The maximum atomic E-state index is 12.9. The van der Waals surface area contributed by atoms with Gasteiger partial charge in [0.05, 0.1) is 11.8 Å². The molecule has 8 heteroatoms. The number of carbonyl (C=O) groups is 2. The Morgan fingerprint density at radius 1 is 1.06 bits per heavy atom. The van der Waals surface area contributed by atoms with Crippen molar-refractivity contribution in [2.45, 2.75) is 52.0 Å². The van der Waals surface area contributed by atoms with E-state index in [1.54, 1.807) is 6.07 Å². The van der Waals surface area contributed by atoms with E-state index in [2.05, 4.69) is 20.8 Å². The van der Waals surface area contributed by atoms with E-state index in [1.807, 2.05) is 80.8 Å². The van der Waals surface area contributed by atoms with Crippen LogP contribution in [0.4, 0.5) is 0 Å². The Bertz CT molecular complexity index is 1080. The summed E-state index contributed by atoms with van der Waals surface area (Å²) < 4.78 is 1.97. The molecular weight excluding hydrogens is 434 g/mol. The summed E-state index contributed by atoms with van der Waals surface area (Å²) >= 11 is 1.35. The molecule has 3 aromatic rings. The van der Waals surface area contributed by atoms with Gasteiger partial charge in [-0.2, -0.15) is 0 Å². The first-order valence-corrected chi connectivity index (χ1v) is 12.1. The first-order chi connectivity index (χ1) is 15.9. The van der Waals surface area contributed by atoms with Gasteiger partial charge in [0.25, 0.3) is 5.91 Å². The zero-order valence-corrected chi connectivity index (χ0v) is 20.4. The van der Waals surface area contributed by atoms with E-state index < -0.39 is 0 Å². The number of aromatic nitrogens is 3. The van der Waals surface area contributed by atoms with Gasteiger partial charge in [-0.25, -0.2) is 0 Å². The molecule has 0 aliphatic carbocycles. The average molecular weight is 466 g/mol. The van der Waals surface area contributed by atoms with Gasteiger partial charge in [0.2, 0.25) is 5.91 Å². The highest BCUT2D eigenvalue weighted by Gasteiger charge is 2.26. The summed E-state index contributed by atoms with van der Waals surface area (Å²) in [7, 11) is 0. The summed E-state index contributed by atoms with van der Waals surface area (Å²) in [4.78, 5) is 25.2. The predicted molar refractivity (Wildman–Crippen MR) is 131 cm³/mol. The Morgan fingerprint density at radius 2 is 1.82 bits per heavy atom. The van der Waals surface area contributed by atoms with E-state index in [0.717, 1.165) is 11.1 Å². The van der Waals surface area contributed by atoms with Crippen LogP contribution in [0.1, 0.15) is 54.1 Å². The third-order valence-electron chi connectivity index (χ3n) is 5.24. The molecule has 0 saturated heterocycles. The lowest BCUT2D eigenvalue weighted by Crippen LogP contribution is -2.33. The molecular formula is C25H31N5O2S. The van der Waals surface area contributed by atoms with E-state index in [4.69, 9.17) is 0 Å². The van der Waals surface area contributed by atoms with Gasteiger partial charge in [0.1, 0.15) is 0 Å². The second-order valence-corrected chi connectivity index (χ2v) is 9.14. The molecule has 1 aromatic heterocycles. The number of nitrogens with zero attached hydrogens (tertiary/aromatic N) is 3. The van der Waals surface area contributed by atoms with Crippen molar-refractivity contribution >= 4 is 23.6 Å². The number of amides is 2. The zero-order valence-electron chi connectivity index (χ0n) is 19.5. The fourth-order valence-electron chi connectivity index (χ4n) is 3.45. The molecule has 0 fully saturated rings. The van der Waals surface area contributed by atoms with Crippen molar-refractivity contribution in [3.05, 3.63) is 77.1 Å². The van der Waals surface area contributed by atoms with Crippen molar-refractivity contribution in [2.24, 2.45) is 5.92 Å². The fourth-order valence-corrected chi connectivity index (χ4v) is 4.29. The summed E-state index contributed by atoms with van der Waals surface area (Å²) in [6, 6.07) is 17.0. The Morgan fingerprint density at radius 3 is 2.48 bits per heavy atom. The number of benzene rings is 2. The number of nitrogens with one attached hydrogen (secondary N) is 2. The van der Waals surface area contributed by atoms with Gasteiger partial charge in [-0.3, -0.25) is 9.59 Å². The van der Waals surface area contributed by atoms with E-state index in [0.29, 0.717) is 29.6 Å². The van der Waals surface area contributed by atoms with Gasteiger partial charge in [0.15, 0.2) is 11.0 Å². The Balaban J connectivity index is 1.66. The smallest absolute Gasteiger partial charge is 0.251 e. The number of aryl methyl sites for hydroxylation is 1. The number of thioether (sulfide) groups is 1. The first kappa shape index (κ1) is 24.5. The molecule has 0 spiro atoms. The van der Waals surface area contributed by atoms with Crippen molar-refractivity contribution in [3.8, 4) is 0 Å². The Labute approximate surface area is 199 Å². The SMILES string of the molecule is CCn1c(SCC(=O)NCc2ccccc2)nnc1[C@H](NC(=O)c1cccc(C)c1)C(C)C. The summed E-state index contributed by atoms with van der Waals surface area (Å²) in [6.45, 7) is 9.18. The van der Waals surface area contributed by atoms with Gasteiger partial charge in [0, 0.05) is 18.7 Å². The van der Waals surface area contributed by atoms with Crippen LogP contribution in [0, 0.1) is 12.8 Å². The van der Waals surface area contributed by atoms with E-state index in [-0.39, 0.29) is 29.5 Å². The lowest BCUT2D eigenvalue weighted by Gasteiger charge is -2.22. The molecule has 2 N–H and O–H groups in total. The topological polar surface area (TPSA) is 88.9 Å². The highest BCUT2D eigenvalue weighted by molar-refractivity contribution is 7.99. The molecule has 33 heavy (non-hydrogen) atoms. The van der Waals surface area contributed by atoms with E-state index in [1.165, 1.54) is 11.8 Å². The van der Waals surface area contributed by atoms with Gasteiger partial charge >= 0.3 is 0 Å². The summed E-state index contributed by atoms with van der Waals surface area (Å²) in [6.07, 6.45) is 0. The van der Waals surface area contributed by atoms with Crippen LogP contribution in [0.3, 0.4) is 0 Å². The highest BCUT2D eigenvalue weighted by Crippen LogP contribution is 2.25. The first-order valence-electron chi connectivity index (χ1n) is 11.1. The monoisotopic (exact) mass is 465 g/mol. The third-order valence-corrected chi connectivity index (χ3v) is 6.21. The van der Waals surface area contributed by atoms with E-state index in [9.17, 15) is 9.59 Å². The van der Waals surface area contributed by atoms with Gasteiger partial charge in [-0.15, -0.1) is 10.2 Å². The normalized spacial score (nSPS) is 11.9. The molecule has 0 aliphatic heterocycles. The minimum Gasteiger partial charge on any atom is -0.351 e. The second kappa shape index (κ2) is 11.7. The molecule has 1 atom stereocenters. The molecule has 0 saturated carbocycles. The quantitative estimate of drug-likeness (QED) is 0.439. The van der Waals surface area contributed by atoms with Crippen molar-refractivity contribution < 1.29 is 9.59 Å². The summed E-state index contributed by atoms with van der Waals surface area (Å²) in [5.74, 6) is 0.843. The predicted octanol–water partition coefficient (Wildman–Crippen LogP) is 4.14. The molecule has 0 radical (unpaired) electrons. The maximum Gasteiger partial charge on any atom is 0.251 e. The number of carbonyl (C=O) groups excluding carboxylic acids is 2. The van der Waals surface area contributed by atoms with Crippen LogP contribution < -0.4 is 10.6 Å². The minimum absolute atomic E-state index is 0.0655. The number of rotatable bonds is 10. The summed E-state index contributed by atoms with van der Waals surface area (Å²) in [5, 5.41) is 15.4.